The molecule has 0 saturated carbocycles. The van der Waals surface area contributed by atoms with Crippen molar-refractivity contribution in [3.63, 3.8) is 0 Å². The average Bonchev–Trinajstić information content (AvgIpc) is 2.25. The van der Waals surface area contributed by atoms with Crippen molar-refractivity contribution in [1.29, 1.82) is 5.26 Å². The van der Waals surface area contributed by atoms with E-state index in [1.807, 2.05) is 0 Å². The maximum Gasteiger partial charge on any atom is 0.573 e. The summed E-state index contributed by atoms with van der Waals surface area (Å²) in [5.74, 6) is -0.834. The second-order valence-electron chi connectivity index (χ2n) is 3.37. The van der Waals surface area contributed by atoms with Gasteiger partial charge in [0.15, 0.2) is 5.75 Å². The second kappa shape index (κ2) is 5.27. The van der Waals surface area contributed by atoms with Gasteiger partial charge in [-0.2, -0.15) is 5.26 Å². The third-order valence-electron chi connectivity index (χ3n) is 2.17. The molecule has 0 fully saturated rings. The summed E-state index contributed by atoms with van der Waals surface area (Å²) in [6.07, 6.45) is -5.13. The number of rotatable bonds is 3. The van der Waals surface area contributed by atoms with Crippen LogP contribution in [0, 0.1) is 11.3 Å². The molecule has 0 unspecified atom stereocenters. The highest BCUT2D eigenvalue weighted by atomic mass is 35.7. The summed E-state index contributed by atoms with van der Waals surface area (Å²) < 4.78 is 63.2. The lowest BCUT2D eigenvalue weighted by molar-refractivity contribution is -0.275. The van der Waals surface area contributed by atoms with Gasteiger partial charge in [-0.15, -0.1) is 13.2 Å². The molecule has 1 aromatic carbocycles. The van der Waals surface area contributed by atoms with E-state index in [9.17, 15) is 21.6 Å². The second-order valence-corrected chi connectivity index (χ2v) is 5.90. The number of halogens is 4. The molecule has 0 N–H and O–H groups in total. The van der Waals surface area contributed by atoms with Crippen LogP contribution in [0.15, 0.2) is 17.0 Å². The van der Waals surface area contributed by atoms with Crippen molar-refractivity contribution in [2.75, 3.05) is 0 Å². The van der Waals surface area contributed by atoms with E-state index in [0.717, 1.165) is 12.1 Å². The molecule has 1 rings (SSSR count). The first-order valence-electron chi connectivity index (χ1n) is 4.86. The summed E-state index contributed by atoms with van der Waals surface area (Å²) in [7, 11) is 0.901. The largest absolute Gasteiger partial charge is 0.573 e. The van der Waals surface area contributed by atoms with Crippen LogP contribution in [0.3, 0.4) is 0 Å². The molecular formula is C10H7ClF3NO3S. The number of nitrogens with zero attached hydrogens (tertiary/aromatic N) is 1. The molecule has 0 aliphatic rings. The smallest absolute Gasteiger partial charge is 0.404 e. The van der Waals surface area contributed by atoms with Gasteiger partial charge in [0.2, 0.25) is 0 Å². The quantitative estimate of drug-likeness (QED) is 0.805. The molecule has 9 heteroatoms. The number of alkyl halides is 3. The van der Waals surface area contributed by atoms with Crippen LogP contribution in [0.4, 0.5) is 13.2 Å². The molecule has 0 amide bonds. The van der Waals surface area contributed by atoms with Crippen LogP contribution in [-0.2, 0) is 15.5 Å². The highest BCUT2D eigenvalue weighted by molar-refractivity contribution is 8.13. The molecule has 0 saturated heterocycles. The van der Waals surface area contributed by atoms with Crippen molar-refractivity contribution in [2.24, 2.45) is 0 Å². The van der Waals surface area contributed by atoms with Crippen molar-refractivity contribution in [3.05, 3.63) is 23.3 Å². The van der Waals surface area contributed by atoms with Gasteiger partial charge in [0.25, 0.3) is 9.05 Å². The normalized spacial score (nSPS) is 12.0. The van der Waals surface area contributed by atoms with Crippen LogP contribution >= 0.6 is 10.7 Å². The summed E-state index contributed by atoms with van der Waals surface area (Å²) in [6.45, 7) is 1.42. The first kappa shape index (κ1) is 15.6. The van der Waals surface area contributed by atoms with E-state index >= 15 is 0 Å². The minimum atomic E-state index is -5.04. The molecule has 0 radical (unpaired) electrons. The van der Waals surface area contributed by atoms with Gasteiger partial charge < -0.3 is 4.74 Å². The topological polar surface area (TPSA) is 67.2 Å². The van der Waals surface area contributed by atoms with Crippen LogP contribution < -0.4 is 4.74 Å². The number of hydrogen-bond acceptors (Lipinski definition) is 4. The first-order valence-corrected chi connectivity index (χ1v) is 7.17. The van der Waals surface area contributed by atoms with Gasteiger partial charge in [0, 0.05) is 16.2 Å². The fourth-order valence-electron chi connectivity index (χ4n) is 1.49. The summed E-state index contributed by atoms with van der Waals surface area (Å²) in [4.78, 5) is -0.505. The van der Waals surface area contributed by atoms with E-state index in [4.69, 9.17) is 15.9 Å². The molecule has 0 atom stereocenters. The fraction of sp³-hybridized carbons (Fsp3) is 0.300. The maximum absolute atomic E-state index is 12.3. The van der Waals surface area contributed by atoms with Gasteiger partial charge in [-0.05, 0) is 18.6 Å². The molecule has 0 spiro atoms. The third-order valence-corrected chi connectivity index (χ3v) is 3.58. The number of ether oxygens (including phenoxy) is 1. The van der Waals surface area contributed by atoms with E-state index in [2.05, 4.69) is 4.74 Å². The van der Waals surface area contributed by atoms with Crippen LogP contribution in [0.5, 0.6) is 5.75 Å². The van der Waals surface area contributed by atoms with Crippen molar-refractivity contribution < 1.29 is 26.3 Å². The van der Waals surface area contributed by atoms with Crippen LogP contribution in [0.2, 0.25) is 0 Å². The van der Waals surface area contributed by atoms with E-state index in [1.54, 1.807) is 0 Å². The van der Waals surface area contributed by atoms with E-state index in [-0.39, 0.29) is 12.0 Å². The Morgan fingerprint density at radius 1 is 1.42 bits per heavy atom. The lowest BCUT2D eigenvalue weighted by Crippen LogP contribution is -2.19. The molecule has 0 heterocycles. The zero-order chi connectivity index (χ0) is 14.8. The predicted octanol–water partition coefficient (Wildman–Crippen LogP) is 2.95. The molecule has 4 nitrogen and oxygen atoms in total. The first-order chi connectivity index (χ1) is 8.60. The summed E-state index contributed by atoms with van der Waals surface area (Å²) in [5, 5.41) is 8.75. The third kappa shape index (κ3) is 3.75. The lowest BCUT2D eigenvalue weighted by Gasteiger charge is -2.15. The molecule has 0 aromatic heterocycles. The molecule has 0 aliphatic carbocycles. The van der Waals surface area contributed by atoms with E-state index < -0.39 is 31.6 Å². The Morgan fingerprint density at radius 3 is 2.37 bits per heavy atom. The van der Waals surface area contributed by atoms with Crippen LogP contribution in [0.25, 0.3) is 0 Å². The van der Waals surface area contributed by atoms with Gasteiger partial charge in [-0.1, -0.05) is 6.92 Å². The number of benzene rings is 1. The Morgan fingerprint density at radius 2 is 2.00 bits per heavy atom. The molecule has 19 heavy (non-hydrogen) atoms. The minimum Gasteiger partial charge on any atom is -0.404 e. The summed E-state index contributed by atoms with van der Waals surface area (Å²) in [6, 6.07) is 3.40. The van der Waals surface area contributed by atoms with Gasteiger partial charge >= 0.3 is 6.36 Å². The molecule has 1 aromatic rings. The molecular weight excluding hydrogens is 307 g/mol. The fourth-order valence-corrected chi connectivity index (χ4v) is 2.69. The van der Waals surface area contributed by atoms with Gasteiger partial charge in [0.05, 0.1) is 10.5 Å². The Hall–Kier alpha value is -1.46. The van der Waals surface area contributed by atoms with Gasteiger partial charge in [-0.3, -0.25) is 0 Å². The Bertz CT molecular complexity index is 635. The van der Waals surface area contributed by atoms with Gasteiger partial charge in [0.1, 0.15) is 6.07 Å². The zero-order valence-corrected chi connectivity index (χ0v) is 11.0. The zero-order valence-electron chi connectivity index (χ0n) is 9.45. The highest BCUT2D eigenvalue weighted by Gasteiger charge is 2.34. The van der Waals surface area contributed by atoms with Crippen molar-refractivity contribution in [1.82, 2.24) is 0 Å². The van der Waals surface area contributed by atoms with Gasteiger partial charge in [-0.25, -0.2) is 8.42 Å². The Kier molecular flexibility index (Phi) is 4.32. The van der Waals surface area contributed by atoms with Crippen molar-refractivity contribution in [2.45, 2.75) is 24.6 Å². The van der Waals surface area contributed by atoms with E-state index in [0.29, 0.717) is 0 Å². The monoisotopic (exact) mass is 313 g/mol. The number of nitriles is 1. The van der Waals surface area contributed by atoms with E-state index in [1.165, 1.54) is 13.0 Å². The molecule has 0 aliphatic heterocycles. The molecule has 0 bridgehead atoms. The Labute approximate surface area is 111 Å². The van der Waals surface area contributed by atoms with Crippen molar-refractivity contribution in [3.8, 4) is 11.8 Å². The number of hydrogen-bond donors (Lipinski definition) is 0. The Balaban J connectivity index is 3.62. The maximum atomic E-state index is 12.3. The van der Waals surface area contributed by atoms with Crippen LogP contribution in [0.1, 0.15) is 18.1 Å². The summed E-state index contributed by atoms with van der Waals surface area (Å²) in [5.41, 5.74) is -0.704. The highest BCUT2D eigenvalue weighted by Crippen LogP contribution is 2.35. The average molecular weight is 314 g/mol. The lowest BCUT2D eigenvalue weighted by atomic mass is 10.1. The SMILES string of the molecule is CCc1c(S(=O)(=O)Cl)ccc(C#N)c1OC(F)(F)F. The summed E-state index contributed by atoms with van der Waals surface area (Å²) >= 11 is 0. The van der Waals surface area contributed by atoms with Crippen molar-refractivity contribution >= 4 is 19.7 Å². The molecule has 104 valence electrons. The minimum absolute atomic E-state index is 0.0950. The standard InChI is InChI=1S/C10H7ClF3NO3S/c1-2-7-8(19(11,16)17)4-3-6(5-15)9(7)18-10(12,13)14/h3-4H,2H2,1H3. The predicted molar refractivity (Wildman–Crippen MR) is 60.3 cm³/mol. The van der Waals surface area contributed by atoms with Crippen LogP contribution in [-0.4, -0.2) is 14.8 Å².